The highest BCUT2D eigenvalue weighted by Crippen LogP contribution is 2.29. The molecule has 1 aromatic heterocycles. The number of rotatable bonds is 2. The zero-order valence-electron chi connectivity index (χ0n) is 6.16. The van der Waals surface area contributed by atoms with Crippen LogP contribution in [0, 0.1) is 0 Å². The lowest BCUT2D eigenvalue weighted by molar-refractivity contribution is 0.304. The molecule has 0 bridgehead atoms. The van der Waals surface area contributed by atoms with Crippen LogP contribution in [0.1, 0.15) is 12.8 Å². The van der Waals surface area contributed by atoms with E-state index in [2.05, 4.69) is 4.98 Å². The van der Waals surface area contributed by atoms with Gasteiger partial charge in [-0.15, -0.1) is 0 Å². The smallest absolute Gasteiger partial charge is 0.145 e. The molecule has 1 fully saturated rings. The zero-order valence-corrected chi connectivity index (χ0v) is 6.16. The SMILES string of the molecule is Nc1cnccc1OC1CC1. The lowest BCUT2D eigenvalue weighted by atomic mass is 10.4. The van der Waals surface area contributed by atoms with Crippen LogP contribution in [0.15, 0.2) is 18.5 Å². The molecule has 0 aromatic carbocycles. The van der Waals surface area contributed by atoms with Gasteiger partial charge in [0.05, 0.1) is 18.0 Å². The third-order valence-electron chi connectivity index (χ3n) is 1.63. The van der Waals surface area contributed by atoms with E-state index in [9.17, 15) is 0 Å². The standard InChI is InChI=1S/C8H10N2O/c9-7-5-10-4-3-8(7)11-6-1-2-6/h3-6H,1-2,9H2. The van der Waals surface area contributed by atoms with Gasteiger partial charge >= 0.3 is 0 Å². The lowest BCUT2D eigenvalue weighted by Gasteiger charge is -2.05. The van der Waals surface area contributed by atoms with Gasteiger partial charge in [0.15, 0.2) is 0 Å². The first kappa shape index (κ1) is 6.46. The second kappa shape index (κ2) is 2.42. The molecule has 1 heterocycles. The van der Waals surface area contributed by atoms with Crippen molar-refractivity contribution in [1.29, 1.82) is 0 Å². The van der Waals surface area contributed by atoms with Crippen molar-refractivity contribution >= 4 is 5.69 Å². The van der Waals surface area contributed by atoms with Crippen LogP contribution in [-0.2, 0) is 0 Å². The zero-order chi connectivity index (χ0) is 7.68. The van der Waals surface area contributed by atoms with Crippen molar-refractivity contribution in [3.8, 4) is 5.75 Å². The van der Waals surface area contributed by atoms with E-state index in [1.165, 1.54) is 0 Å². The fourth-order valence-electron chi connectivity index (χ4n) is 0.867. The molecule has 1 aromatic rings. The number of hydrogen-bond acceptors (Lipinski definition) is 3. The Kier molecular flexibility index (Phi) is 1.42. The molecule has 0 amide bonds. The van der Waals surface area contributed by atoms with Crippen molar-refractivity contribution < 1.29 is 4.74 Å². The average Bonchev–Trinajstić information content (AvgIpc) is 2.78. The van der Waals surface area contributed by atoms with Crippen molar-refractivity contribution in [3.63, 3.8) is 0 Å². The van der Waals surface area contributed by atoms with Gasteiger partial charge in [-0.2, -0.15) is 0 Å². The van der Waals surface area contributed by atoms with Gasteiger partial charge in [-0.3, -0.25) is 4.98 Å². The quantitative estimate of drug-likeness (QED) is 0.689. The minimum atomic E-state index is 0.402. The molecule has 0 saturated heterocycles. The van der Waals surface area contributed by atoms with Gasteiger partial charge in [0.25, 0.3) is 0 Å². The topological polar surface area (TPSA) is 48.1 Å². The maximum Gasteiger partial charge on any atom is 0.145 e. The van der Waals surface area contributed by atoms with Crippen LogP contribution in [0.25, 0.3) is 0 Å². The van der Waals surface area contributed by atoms with Crippen LogP contribution in [0.3, 0.4) is 0 Å². The number of pyridine rings is 1. The van der Waals surface area contributed by atoms with Gasteiger partial charge in [-0.1, -0.05) is 0 Å². The van der Waals surface area contributed by atoms with E-state index in [4.69, 9.17) is 10.5 Å². The Morgan fingerprint density at radius 3 is 3.00 bits per heavy atom. The van der Waals surface area contributed by atoms with Gasteiger partial charge in [-0.25, -0.2) is 0 Å². The Hall–Kier alpha value is -1.25. The number of aromatic nitrogens is 1. The molecule has 0 radical (unpaired) electrons. The van der Waals surface area contributed by atoms with E-state index in [-0.39, 0.29) is 0 Å². The first-order valence-corrected chi connectivity index (χ1v) is 3.72. The first-order valence-electron chi connectivity index (χ1n) is 3.72. The molecule has 0 atom stereocenters. The normalized spacial score (nSPS) is 16.4. The molecular weight excluding hydrogens is 140 g/mol. The second-order valence-corrected chi connectivity index (χ2v) is 2.73. The Labute approximate surface area is 65.2 Å². The van der Waals surface area contributed by atoms with Crippen LogP contribution in [0.2, 0.25) is 0 Å². The van der Waals surface area contributed by atoms with E-state index >= 15 is 0 Å². The predicted octanol–water partition coefficient (Wildman–Crippen LogP) is 1.21. The summed E-state index contributed by atoms with van der Waals surface area (Å²) in [4.78, 5) is 3.87. The molecular formula is C8H10N2O. The van der Waals surface area contributed by atoms with Gasteiger partial charge in [0.2, 0.25) is 0 Å². The van der Waals surface area contributed by atoms with E-state index < -0.39 is 0 Å². The molecule has 3 heteroatoms. The Bertz CT molecular complexity index is 258. The summed E-state index contributed by atoms with van der Waals surface area (Å²) in [5, 5.41) is 0. The lowest BCUT2D eigenvalue weighted by Crippen LogP contribution is -1.99. The Morgan fingerprint density at radius 1 is 1.55 bits per heavy atom. The van der Waals surface area contributed by atoms with Crippen LogP contribution in [0.5, 0.6) is 5.75 Å². The molecule has 58 valence electrons. The first-order chi connectivity index (χ1) is 5.36. The molecule has 1 aliphatic rings. The molecule has 0 unspecified atom stereocenters. The Balaban J connectivity index is 2.15. The monoisotopic (exact) mass is 150 g/mol. The average molecular weight is 150 g/mol. The van der Waals surface area contributed by atoms with Crippen LogP contribution >= 0.6 is 0 Å². The summed E-state index contributed by atoms with van der Waals surface area (Å²) in [6.45, 7) is 0. The van der Waals surface area contributed by atoms with Crippen molar-refractivity contribution in [2.45, 2.75) is 18.9 Å². The van der Waals surface area contributed by atoms with E-state index in [0.717, 1.165) is 18.6 Å². The van der Waals surface area contributed by atoms with Crippen molar-refractivity contribution in [3.05, 3.63) is 18.5 Å². The van der Waals surface area contributed by atoms with Crippen molar-refractivity contribution in [2.24, 2.45) is 0 Å². The van der Waals surface area contributed by atoms with E-state index in [1.807, 2.05) is 0 Å². The number of ether oxygens (including phenoxy) is 1. The summed E-state index contributed by atoms with van der Waals surface area (Å²) in [6.07, 6.45) is 6.01. The number of nitrogens with two attached hydrogens (primary N) is 1. The summed E-state index contributed by atoms with van der Waals surface area (Å²) in [7, 11) is 0. The molecule has 1 aliphatic carbocycles. The van der Waals surface area contributed by atoms with Gasteiger partial charge in [-0.05, 0) is 12.8 Å². The van der Waals surface area contributed by atoms with E-state index in [1.54, 1.807) is 18.5 Å². The summed E-state index contributed by atoms with van der Waals surface area (Å²) in [5.41, 5.74) is 6.23. The minimum absolute atomic E-state index is 0.402. The molecule has 1 saturated carbocycles. The summed E-state index contributed by atoms with van der Waals surface area (Å²) >= 11 is 0. The van der Waals surface area contributed by atoms with Crippen LogP contribution in [0.4, 0.5) is 5.69 Å². The number of anilines is 1. The number of nitrogen functional groups attached to an aromatic ring is 1. The molecule has 11 heavy (non-hydrogen) atoms. The number of hydrogen-bond donors (Lipinski definition) is 1. The maximum atomic E-state index is 5.61. The molecule has 3 nitrogen and oxygen atoms in total. The molecule has 0 aliphatic heterocycles. The predicted molar refractivity (Wildman–Crippen MR) is 42.3 cm³/mol. The summed E-state index contributed by atoms with van der Waals surface area (Å²) in [5.74, 6) is 0.766. The fourth-order valence-corrected chi connectivity index (χ4v) is 0.867. The molecule has 0 spiro atoms. The van der Waals surface area contributed by atoms with Crippen LogP contribution in [-0.4, -0.2) is 11.1 Å². The van der Waals surface area contributed by atoms with Gasteiger partial charge < -0.3 is 10.5 Å². The van der Waals surface area contributed by atoms with Gasteiger partial charge in [0.1, 0.15) is 5.75 Å². The van der Waals surface area contributed by atoms with E-state index in [0.29, 0.717) is 11.8 Å². The largest absolute Gasteiger partial charge is 0.488 e. The second-order valence-electron chi connectivity index (χ2n) is 2.73. The molecule has 2 rings (SSSR count). The Morgan fingerprint density at radius 2 is 2.36 bits per heavy atom. The summed E-state index contributed by atoms with van der Waals surface area (Å²) < 4.78 is 5.49. The third-order valence-corrected chi connectivity index (χ3v) is 1.63. The highest BCUT2D eigenvalue weighted by atomic mass is 16.5. The van der Waals surface area contributed by atoms with Crippen molar-refractivity contribution in [1.82, 2.24) is 4.98 Å². The highest BCUT2D eigenvalue weighted by Gasteiger charge is 2.23. The summed E-state index contributed by atoms with van der Waals surface area (Å²) in [6, 6.07) is 1.80. The molecule has 2 N–H and O–H groups in total. The minimum Gasteiger partial charge on any atom is -0.488 e. The van der Waals surface area contributed by atoms with Crippen LogP contribution < -0.4 is 10.5 Å². The van der Waals surface area contributed by atoms with Crippen molar-refractivity contribution in [2.75, 3.05) is 5.73 Å². The fraction of sp³-hybridized carbons (Fsp3) is 0.375. The van der Waals surface area contributed by atoms with Gasteiger partial charge in [0, 0.05) is 12.3 Å². The number of nitrogens with zero attached hydrogens (tertiary/aromatic N) is 1. The third kappa shape index (κ3) is 1.42. The highest BCUT2D eigenvalue weighted by molar-refractivity contribution is 5.49. The maximum absolute atomic E-state index is 5.61.